The third-order valence-corrected chi connectivity index (χ3v) is 12.0. The Morgan fingerprint density at radius 2 is 2.05 bits per heavy atom. The number of carbonyl (C=O) groups is 1. The van der Waals surface area contributed by atoms with E-state index >= 15 is 0 Å². The van der Waals surface area contributed by atoms with Gasteiger partial charge in [0.2, 0.25) is 10.0 Å². The smallest absolute Gasteiger partial charge is 0.264 e. The average Bonchev–Trinajstić information content (AvgIpc) is 3.75. The normalized spacial score (nSPS) is 28.8. The summed E-state index contributed by atoms with van der Waals surface area (Å²) in [6.45, 7) is 9.34. The van der Waals surface area contributed by atoms with Gasteiger partial charge in [0.1, 0.15) is 5.75 Å². The van der Waals surface area contributed by atoms with E-state index in [1.165, 1.54) is 11.1 Å². The number of fused-ring (bicyclic) bond motifs is 3. The standard InChI is InChI=1S/C33H39ClN2O5S/c1-3-6-22-17-31(22)42(39,40)35-32(38)23-9-13-30-28(16-23)36(18-24-8-11-26(24)29(37)4-2)19-33(20-41-30)14-5-7-21-15-25(34)10-12-27(21)33/h3-4,9-10,12-13,15-16,22,24,26,29,31,37H,1-2,5-8,11,14,17-20H2,(H,35,38)/t22-,24-,26+,29-,31+,33-/m0/s1. The zero-order chi connectivity index (χ0) is 29.6. The van der Waals surface area contributed by atoms with Gasteiger partial charge in [-0.3, -0.25) is 4.79 Å². The van der Waals surface area contributed by atoms with Gasteiger partial charge < -0.3 is 14.7 Å². The van der Waals surface area contributed by atoms with E-state index in [1.54, 1.807) is 30.4 Å². The number of nitrogens with one attached hydrogen (secondary N) is 1. The molecule has 1 aliphatic heterocycles. The summed E-state index contributed by atoms with van der Waals surface area (Å²) in [7, 11) is -3.78. The van der Waals surface area contributed by atoms with Gasteiger partial charge in [0.15, 0.2) is 0 Å². The molecule has 0 radical (unpaired) electrons. The van der Waals surface area contributed by atoms with Crippen LogP contribution in [0.15, 0.2) is 61.7 Å². The number of anilines is 1. The number of carbonyl (C=O) groups excluding carboxylic acids is 1. The molecule has 6 rings (SSSR count). The van der Waals surface area contributed by atoms with Crippen molar-refractivity contribution in [3.8, 4) is 5.75 Å². The zero-order valence-electron chi connectivity index (χ0n) is 23.8. The summed E-state index contributed by atoms with van der Waals surface area (Å²) >= 11 is 6.37. The molecule has 1 spiro atoms. The van der Waals surface area contributed by atoms with Gasteiger partial charge in [-0.15, -0.1) is 13.2 Å². The van der Waals surface area contributed by atoms with Crippen molar-refractivity contribution in [1.82, 2.24) is 4.72 Å². The molecule has 0 saturated heterocycles. The van der Waals surface area contributed by atoms with Crippen molar-refractivity contribution in [3.05, 3.63) is 83.4 Å². The molecule has 0 aromatic heterocycles. The summed E-state index contributed by atoms with van der Waals surface area (Å²) < 4.78 is 34.6. The van der Waals surface area contributed by atoms with E-state index in [2.05, 4.69) is 34.9 Å². The zero-order valence-corrected chi connectivity index (χ0v) is 25.4. The molecule has 224 valence electrons. The quantitative estimate of drug-likeness (QED) is 0.369. The van der Waals surface area contributed by atoms with Gasteiger partial charge in [-0.25, -0.2) is 13.1 Å². The van der Waals surface area contributed by atoms with Crippen LogP contribution in [0.1, 0.15) is 60.0 Å². The van der Waals surface area contributed by atoms with E-state index in [1.807, 2.05) is 6.07 Å². The largest absolute Gasteiger partial charge is 0.490 e. The van der Waals surface area contributed by atoms with Gasteiger partial charge in [0.25, 0.3) is 5.91 Å². The van der Waals surface area contributed by atoms with E-state index in [9.17, 15) is 18.3 Å². The number of benzene rings is 2. The second-order valence-electron chi connectivity index (χ2n) is 12.5. The second kappa shape index (κ2) is 11.4. The van der Waals surface area contributed by atoms with Gasteiger partial charge in [-0.1, -0.05) is 29.8 Å². The van der Waals surface area contributed by atoms with Crippen molar-refractivity contribution in [2.45, 2.75) is 61.7 Å². The molecule has 4 aliphatic rings. The van der Waals surface area contributed by atoms with Crippen LogP contribution >= 0.6 is 11.6 Å². The number of nitrogens with zero attached hydrogens (tertiary/aromatic N) is 1. The van der Waals surface area contributed by atoms with E-state index < -0.39 is 27.3 Å². The molecule has 0 bridgehead atoms. The topological polar surface area (TPSA) is 95.9 Å². The van der Waals surface area contributed by atoms with Gasteiger partial charge >= 0.3 is 0 Å². The number of aliphatic hydroxyl groups is 1. The summed E-state index contributed by atoms with van der Waals surface area (Å²) in [5, 5.41) is 10.7. The Labute approximate surface area is 253 Å². The lowest BCUT2D eigenvalue weighted by atomic mass is 9.68. The van der Waals surface area contributed by atoms with E-state index in [0.717, 1.165) is 42.8 Å². The summed E-state index contributed by atoms with van der Waals surface area (Å²) in [5.41, 5.74) is 3.26. The molecule has 3 aliphatic carbocycles. The van der Waals surface area contributed by atoms with Crippen molar-refractivity contribution in [1.29, 1.82) is 0 Å². The highest BCUT2D eigenvalue weighted by Gasteiger charge is 2.47. The molecule has 2 aromatic carbocycles. The minimum Gasteiger partial charge on any atom is -0.490 e. The van der Waals surface area contributed by atoms with Crippen LogP contribution in [0.4, 0.5) is 5.69 Å². The van der Waals surface area contributed by atoms with Crippen LogP contribution in [-0.4, -0.2) is 50.5 Å². The summed E-state index contributed by atoms with van der Waals surface area (Å²) in [6, 6.07) is 11.3. The van der Waals surface area contributed by atoms with Crippen molar-refractivity contribution in [3.63, 3.8) is 0 Å². The molecule has 9 heteroatoms. The molecule has 6 atom stereocenters. The highest BCUT2D eigenvalue weighted by Crippen LogP contribution is 2.47. The fraction of sp³-hybridized carbons (Fsp3) is 0.485. The number of sulfonamides is 1. The Kier molecular flexibility index (Phi) is 7.92. The maximum atomic E-state index is 13.3. The third kappa shape index (κ3) is 5.49. The number of allylic oxidation sites excluding steroid dienone is 1. The number of amides is 1. The van der Waals surface area contributed by atoms with E-state index in [-0.39, 0.29) is 28.7 Å². The fourth-order valence-corrected chi connectivity index (χ4v) is 9.15. The molecular weight excluding hydrogens is 572 g/mol. The van der Waals surface area contributed by atoms with Crippen LogP contribution in [0.2, 0.25) is 5.02 Å². The minimum absolute atomic E-state index is 0.00881. The van der Waals surface area contributed by atoms with Crippen LogP contribution in [0, 0.1) is 17.8 Å². The van der Waals surface area contributed by atoms with Crippen molar-refractivity contribution < 1.29 is 23.1 Å². The number of aryl methyl sites for hydroxylation is 1. The van der Waals surface area contributed by atoms with Gasteiger partial charge in [0, 0.05) is 29.1 Å². The van der Waals surface area contributed by atoms with Gasteiger partial charge in [-0.2, -0.15) is 0 Å². The van der Waals surface area contributed by atoms with Crippen LogP contribution in [0.3, 0.4) is 0 Å². The fourth-order valence-electron chi connectivity index (χ4n) is 7.31. The van der Waals surface area contributed by atoms with Crippen LogP contribution in [0.25, 0.3) is 0 Å². The predicted molar refractivity (Wildman–Crippen MR) is 166 cm³/mol. The van der Waals surface area contributed by atoms with E-state index in [0.29, 0.717) is 38.3 Å². The lowest BCUT2D eigenvalue weighted by Gasteiger charge is -2.45. The molecule has 1 amide bonds. The van der Waals surface area contributed by atoms with Crippen LogP contribution < -0.4 is 14.4 Å². The first-order valence-corrected chi connectivity index (χ1v) is 16.8. The van der Waals surface area contributed by atoms with Crippen molar-refractivity contribution in [2.75, 3.05) is 24.6 Å². The number of aliphatic hydroxyl groups excluding tert-OH is 1. The molecule has 0 unspecified atom stereocenters. The maximum absolute atomic E-state index is 13.3. The molecular formula is C33H39ClN2O5S. The Morgan fingerprint density at radius 3 is 2.79 bits per heavy atom. The Hall–Kier alpha value is -2.81. The molecule has 42 heavy (non-hydrogen) atoms. The van der Waals surface area contributed by atoms with Gasteiger partial charge in [0.05, 0.1) is 23.6 Å². The maximum Gasteiger partial charge on any atom is 0.264 e. The Balaban J connectivity index is 1.32. The molecule has 2 fully saturated rings. The third-order valence-electron chi connectivity index (χ3n) is 9.87. The van der Waals surface area contributed by atoms with Gasteiger partial charge in [-0.05, 0) is 104 Å². The molecule has 2 aromatic rings. The Bertz CT molecular complexity index is 1510. The minimum atomic E-state index is -3.78. The molecule has 1 heterocycles. The molecule has 2 N–H and O–H groups in total. The number of hydrogen-bond donors (Lipinski definition) is 2. The first kappa shape index (κ1) is 29.3. The SMILES string of the molecule is C=CC[C@H]1C[C@H]1S(=O)(=O)NC(=O)c1ccc2c(c1)N(C[C@@H]1CC[C@H]1[C@@H](O)C=C)C[C@@]1(CCCc3cc(Cl)ccc31)CO2. The van der Waals surface area contributed by atoms with Crippen LogP contribution in [-0.2, 0) is 21.9 Å². The second-order valence-corrected chi connectivity index (χ2v) is 14.9. The summed E-state index contributed by atoms with van der Waals surface area (Å²) in [6.07, 6.45) is 8.79. The number of halogens is 1. The van der Waals surface area contributed by atoms with Crippen LogP contribution in [0.5, 0.6) is 5.75 Å². The Morgan fingerprint density at radius 1 is 1.21 bits per heavy atom. The highest BCUT2D eigenvalue weighted by atomic mass is 35.5. The number of ether oxygens (including phenoxy) is 1. The average molecular weight is 611 g/mol. The summed E-state index contributed by atoms with van der Waals surface area (Å²) in [5.74, 6) is 0.420. The van der Waals surface area contributed by atoms with E-state index in [4.69, 9.17) is 16.3 Å². The lowest BCUT2D eigenvalue weighted by molar-refractivity contribution is 0.0460. The number of rotatable bonds is 9. The first-order chi connectivity index (χ1) is 20.1. The van der Waals surface area contributed by atoms with Crippen molar-refractivity contribution in [2.24, 2.45) is 17.8 Å². The molecule has 2 saturated carbocycles. The summed E-state index contributed by atoms with van der Waals surface area (Å²) in [4.78, 5) is 15.6. The lowest BCUT2D eigenvalue weighted by Crippen LogP contribution is -2.49. The highest BCUT2D eigenvalue weighted by molar-refractivity contribution is 7.91. The van der Waals surface area contributed by atoms with Crippen molar-refractivity contribution >= 4 is 33.2 Å². The monoisotopic (exact) mass is 610 g/mol. The predicted octanol–water partition coefficient (Wildman–Crippen LogP) is 5.41. The molecule has 7 nitrogen and oxygen atoms in total. The number of hydrogen-bond acceptors (Lipinski definition) is 6. The first-order valence-electron chi connectivity index (χ1n) is 14.9.